The number of amides is 4. The molecule has 4 amide bonds. The average molecular weight is 348 g/mol. The number of aromatic amines is 1. The van der Waals surface area contributed by atoms with Crippen molar-refractivity contribution in [1.82, 2.24) is 25.4 Å². The van der Waals surface area contributed by atoms with Crippen molar-refractivity contribution in [1.29, 1.82) is 0 Å². The van der Waals surface area contributed by atoms with Crippen LogP contribution >= 0.6 is 0 Å². The van der Waals surface area contributed by atoms with E-state index >= 15 is 0 Å². The first kappa shape index (κ1) is 16.3. The molecule has 1 atom stereocenters. The highest BCUT2D eigenvalue weighted by Gasteiger charge is 2.42. The molecular weight excluding hydrogens is 336 g/mol. The van der Waals surface area contributed by atoms with Crippen molar-refractivity contribution in [2.75, 3.05) is 12.4 Å². The summed E-state index contributed by atoms with van der Waals surface area (Å²) in [6, 6.07) is -1.06. The second kappa shape index (κ2) is 6.14. The molecule has 12 heteroatoms. The minimum absolute atomic E-state index is 0.0286. The van der Waals surface area contributed by atoms with Crippen LogP contribution in [0.2, 0.25) is 0 Å². The fourth-order valence-electron chi connectivity index (χ4n) is 2.43. The molecule has 3 N–H and O–H groups in total. The molecular formula is C13H12N6O6. The molecule has 25 heavy (non-hydrogen) atoms. The summed E-state index contributed by atoms with van der Waals surface area (Å²) in [7, 11) is 1.16. The Hall–Kier alpha value is -3.57. The highest BCUT2D eigenvalue weighted by molar-refractivity contribution is 6.19. The molecule has 130 valence electrons. The van der Waals surface area contributed by atoms with Crippen LogP contribution in [-0.2, 0) is 23.9 Å². The number of nitrogens with zero attached hydrogens (tertiary/aromatic N) is 3. The van der Waals surface area contributed by atoms with Crippen LogP contribution in [0.4, 0.5) is 5.95 Å². The van der Waals surface area contributed by atoms with Gasteiger partial charge in [0.25, 0.3) is 17.6 Å². The first-order chi connectivity index (χ1) is 11.9. The molecule has 0 saturated carbocycles. The number of methoxy groups -OCH3 is 1. The van der Waals surface area contributed by atoms with E-state index in [2.05, 4.69) is 30.6 Å². The molecule has 1 aromatic heterocycles. The smallest absolute Gasteiger partial charge is 0.378 e. The van der Waals surface area contributed by atoms with E-state index in [0.29, 0.717) is 0 Å². The number of ether oxygens (including phenoxy) is 1. The predicted octanol–water partition coefficient (Wildman–Crippen LogP) is -1.94. The molecule has 0 radical (unpaired) electrons. The number of carbonyl (C=O) groups is 5. The monoisotopic (exact) mass is 348 g/mol. The Morgan fingerprint density at radius 2 is 2.12 bits per heavy atom. The molecule has 0 aliphatic carbocycles. The van der Waals surface area contributed by atoms with Gasteiger partial charge in [0.2, 0.25) is 17.8 Å². The van der Waals surface area contributed by atoms with E-state index in [0.717, 1.165) is 18.1 Å². The number of carbonyl (C=O) groups excluding carboxylic acids is 5. The topological polar surface area (TPSA) is 163 Å². The Morgan fingerprint density at radius 1 is 1.36 bits per heavy atom. The SMILES string of the molecule is COC(=O)c1n[nH]c(NC2=CC(=O)N(C3CCC(=O)NC3=O)C2=O)n1. The molecule has 1 unspecified atom stereocenters. The number of hydrogen-bond donors (Lipinski definition) is 3. The summed E-state index contributed by atoms with van der Waals surface area (Å²) in [4.78, 5) is 63.3. The summed E-state index contributed by atoms with van der Waals surface area (Å²) in [5, 5.41) is 10.6. The summed E-state index contributed by atoms with van der Waals surface area (Å²) in [5.41, 5.74) is -0.151. The van der Waals surface area contributed by atoms with E-state index in [-0.39, 0.29) is 30.3 Å². The van der Waals surface area contributed by atoms with Gasteiger partial charge in [0.15, 0.2) is 0 Å². The Balaban J connectivity index is 1.73. The lowest BCUT2D eigenvalue weighted by Gasteiger charge is -2.28. The number of aromatic nitrogens is 3. The van der Waals surface area contributed by atoms with Gasteiger partial charge in [-0.25, -0.2) is 9.89 Å². The molecule has 0 aromatic carbocycles. The normalized spacial score (nSPS) is 20.4. The van der Waals surface area contributed by atoms with Crippen LogP contribution in [0.1, 0.15) is 23.5 Å². The summed E-state index contributed by atoms with van der Waals surface area (Å²) < 4.78 is 4.45. The summed E-state index contributed by atoms with van der Waals surface area (Å²) in [6.45, 7) is 0. The van der Waals surface area contributed by atoms with Gasteiger partial charge in [0, 0.05) is 12.5 Å². The lowest BCUT2D eigenvalue weighted by molar-refractivity contribution is -0.149. The third-order valence-electron chi connectivity index (χ3n) is 3.58. The highest BCUT2D eigenvalue weighted by Crippen LogP contribution is 2.21. The third kappa shape index (κ3) is 2.96. The average Bonchev–Trinajstić information content (AvgIpc) is 3.13. The van der Waals surface area contributed by atoms with Crippen LogP contribution in [0.15, 0.2) is 11.8 Å². The van der Waals surface area contributed by atoms with Crippen molar-refractivity contribution in [3.05, 3.63) is 17.6 Å². The number of hydrogen-bond acceptors (Lipinski definition) is 9. The molecule has 2 aliphatic rings. The Kier molecular flexibility index (Phi) is 4.00. The van der Waals surface area contributed by atoms with Gasteiger partial charge in [-0.05, 0) is 6.42 Å². The molecule has 2 aliphatic heterocycles. The standard InChI is InChI=1S/C13H12N6O6/c1-25-12(24)9-16-13(18-17-9)14-5-4-8(21)19(11(5)23)6-2-3-7(20)15-10(6)22/h4,6H,2-3H2,1H3,(H,15,20,22)(H2,14,16,17,18). The number of nitrogens with one attached hydrogen (secondary N) is 3. The number of rotatable bonds is 4. The Labute approximate surface area is 139 Å². The summed E-state index contributed by atoms with van der Waals surface area (Å²) >= 11 is 0. The predicted molar refractivity (Wildman–Crippen MR) is 77.5 cm³/mol. The van der Waals surface area contributed by atoms with Crippen LogP contribution in [0.3, 0.4) is 0 Å². The lowest BCUT2D eigenvalue weighted by atomic mass is 10.0. The minimum Gasteiger partial charge on any atom is -0.463 e. The van der Waals surface area contributed by atoms with E-state index in [4.69, 9.17) is 0 Å². The van der Waals surface area contributed by atoms with Gasteiger partial charge in [0.05, 0.1) is 7.11 Å². The first-order valence-corrected chi connectivity index (χ1v) is 7.11. The fraction of sp³-hybridized carbons (Fsp3) is 0.308. The Bertz CT molecular complexity index is 827. The minimum atomic E-state index is -1.06. The van der Waals surface area contributed by atoms with E-state index in [1.165, 1.54) is 0 Å². The number of piperidine rings is 1. The molecule has 0 bridgehead atoms. The van der Waals surface area contributed by atoms with E-state index < -0.39 is 35.6 Å². The van der Waals surface area contributed by atoms with E-state index in [9.17, 15) is 24.0 Å². The van der Waals surface area contributed by atoms with E-state index in [1.807, 2.05) is 0 Å². The van der Waals surface area contributed by atoms with Gasteiger partial charge in [-0.3, -0.25) is 29.4 Å². The number of esters is 1. The van der Waals surface area contributed by atoms with Gasteiger partial charge in [-0.2, -0.15) is 4.98 Å². The zero-order chi connectivity index (χ0) is 18.1. The molecule has 3 heterocycles. The molecule has 0 spiro atoms. The zero-order valence-electron chi connectivity index (χ0n) is 12.9. The first-order valence-electron chi connectivity index (χ1n) is 7.11. The highest BCUT2D eigenvalue weighted by atomic mass is 16.5. The van der Waals surface area contributed by atoms with Gasteiger partial charge in [-0.15, -0.1) is 5.10 Å². The van der Waals surface area contributed by atoms with Crippen molar-refractivity contribution < 1.29 is 28.7 Å². The number of imide groups is 2. The van der Waals surface area contributed by atoms with Crippen molar-refractivity contribution in [3.63, 3.8) is 0 Å². The Morgan fingerprint density at radius 3 is 2.80 bits per heavy atom. The van der Waals surface area contributed by atoms with E-state index in [1.54, 1.807) is 0 Å². The molecule has 3 rings (SSSR count). The maximum atomic E-state index is 12.4. The van der Waals surface area contributed by atoms with Crippen molar-refractivity contribution >= 4 is 35.5 Å². The fourth-order valence-corrected chi connectivity index (χ4v) is 2.43. The summed E-state index contributed by atoms with van der Waals surface area (Å²) in [6.07, 6.45) is 1.07. The van der Waals surface area contributed by atoms with Crippen LogP contribution < -0.4 is 10.6 Å². The third-order valence-corrected chi connectivity index (χ3v) is 3.58. The van der Waals surface area contributed by atoms with Gasteiger partial charge < -0.3 is 10.1 Å². The lowest BCUT2D eigenvalue weighted by Crippen LogP contribution is -2.54. The zero-order valence-corrected chi connectivity index (χ0v) is 12.9. The molecule has 1 aromatic rings. The van der Waals surface area contributed by atoms with Crippen LogP contribution in [0.25, 0.3) is 0 Å². The van der Waals surface area contributed by atoms with Crippen molar-refractivity contribution in [2.45, 2.75) is 18.9 Å². The van der Waals surface area contributed by atoms with Crippen molar-refractivity contribution in [2.24, 2.45) is 0 Å². The largest absolute Gasteiger partial charge is 0.463 e. The van der Waals surface area contributed by atoms with Crippen LogP contribution in [0.5, 0.6) is 0 Å². The molecule has 1 fully saturated rings. The second-order valence-electron chi connectivity index (χ2n) is 5.16. The number of H-pyrrole nitrogens is 1. The van der Waals surface area contributed by atoms with Crippen molar-refractivity contribution in [3.8, 4) is 0 Å². The van der Waals surface area contributed by atoms with Gasteiger partial charge in [-0.1, -0.05) is 0 Å². The molecule has 12 nitrogen and oxygen atoms in total. The second-order valence-corrected chi connectivity index (χ2v) is 5.16. The molecule has 1 saturated heterocycles. The van der Waals surface area contributed by atoms with Gasteiger partial charge >= 0.3 is 5.97 Å². The van der Waals surface area contributed by atoms with Crippen LogP contribution in [0, 0.1) is 0 Å². The maximum absolute atomic E-state index is 12.4. The van der Waals surface area contributed by atoms with Gasteiger partial charge in [0.1, 0.15) is 11.7 Å². The summed E-state index contributed by atoms with van der Waals surface area (Å²) in [5.74, 6) is -3.71. The number of anilines is 1. The quantitative estimate of drug-likeness (QED) is 0.415. The maximum Gasteiger partial charge on any atom is 0.378 e. The van der Waals surface area contributed by atoms with Crippen LogP contribution in [-0.4, -0.2) is 62.8 Å².